The minimum Gasteiger partial charge on any atom is -0.240 e. The Labute approximate surface area is 122 Å². The zero-order chi connectivity index (χ0) is 13.2. The number of para-hydroxylation sites is 1. The van der Waals surface area contributed by atoms with E-state index in [0.29, 0.717) is 6.42 Å². The van der Waals surface area contributed by atoms with Gasteiger partial charge in [0.25, 0.3) is 0 Å². The molecule has 2 nitrogen and oxygen atoms in total. The Hall–Kier alpha value is -1.52. The van der Waals surface area contributed by atoms with Crippen LogP contribution < -0.4 is 0 Å². The molecule has 1 heterocycles. The van der Waals surface area contributed by atoms with Crippen molar-refractivity contribution in [2.75, 3.05) is 0 Å². The van der Waals surface area contributed by atoms with E-state index in [1.807, 2.05) is 48.7 Å². The van der Waals surface area contributed by atoms with Crippen molar-refractivity contribution in [1.29, 1.82) is 0 Å². The molecule has 0 aliphatic rings. The summed E-state index contributed by atoms with van der Waals surface area (Å²) in [6.45, 7) is 0. The fourth-order valence-electron chi connectivity index (χ4n) is 1.97. The molecule has 0 bridgehead atoms. The Morgan fingerprint density at radius 1 is 1.00 bits per heavy atom. The van der Waals surface area contributed by atoms with Gasteiger partial charge < -0.3 is 0 Å². The quantitative estimate of drug-likeness (QED) is 0.700. The van der Waals surface area contributed by atoms with Crippen LogP contribution in [0.2, 0.25) is 0 Å². The number of rotatable bonds is 2. The summed E-state index contributed by atoms with van der Waals surface area (Å²) in [6.07, 6.45) is 2.54. The monoisotopic (exact) mass is 284 g/mol. The van der Waals surface area contributed by atoms with Gasteiger partial charge in [0.1, 0.15) is 5.82 Å². The number of aromatic nitrogens is 2. The summed E-state index contributed by atoms with van der Waals surface area (Å²) >= 11 is 8.76. The molecule has 3 aromatic rings. The summed E-state index contributed by atoms with van der Waals surface area (Å²) in [5.74, 6) is 0.806. The molecule has 0 N–H and O–H groups in total. The lowest BCUT2D eigenvalue weighted by molar-refractivity contribution is 0.969. The van der Waals surface area contributed by atoms with Crippen LogP contribution in [0.1, 0.15) is 11.4 Å². The molecule has 0 spiro atoms. The minimum atomic E-state index is 0.678. The number of hydrogen-bond donors (Lipinski definition) is 2. The molecule has 94 valence electrons. The second-order valence-corrected chi connectivity index (χ2v) is 5.33. The fraction of sp³-hybridized carbons (Fsp3) is 0.0667. The first kappa shape index (κ1) is 12.5. The number of nitrogens with zero attached hydrogens (tertiary/aromatic N) is 2. The van der Waals surface area contributed by atoms with Gasteiger partial charge in [0.05, 0.1) is 5.52 Å². The standard InChI is InChI=1S/C15H12N2S2/c18-12-6-5-10(14(19)8-12)7-15-16-9-11-3-1-2-4-13(11)17-15/h1-6,8-9,18-19H,7H2. The summed E-state index contributed by atoms with van der Waals surface area (Å²) < 4.78 is 0. The van der Waals surface area contributed by atoms with Gasteiger partial charge in [0.15, 0.2) is 0 Å². The molecule has 0 aliphatic heterocycles. The molecule has 19 heavy (non-hydrogen) atoms. The molecular weight excluding hydrogens is 272 g/mol. The summed E-state index contributed by atoms with van der Waals surface area (Å²) in [5, 5.41) is 1.06. The van der Waals surface area contributed by atoms with E-state index < -0.39 is 0 Å². The van der Waals surface area contributed by atoms with Crippen molar-refractivity contribution in [3.05, 3.63) is 60.0 Å². The molecule has 0 saturated heterocycles. The topological polar surface area (TPSA) is 25.8 Å². The summed E-state index contributed by atoms with van der Waals surface area (Å²) in [5.41, 5.74) is 2.08. The third-order valence-corrected chi connectivity index (χ3v) is 3.65. The maximum Gasteiger partial charge on any atom is 0.133 e. The molecular formula is C15H12N2S2. The van der Waals surface area contributed by atoms with E-state index in [-0.39, 0.29) is 0 Å². The van der Waals surface area contributed by atoms with Gasteiger partial charge in [-0.25, -0.2) is 9.97 Å². The molecule has 1 aromatic heterocycles. The van der Waals surface area contributed by atoms with Gasteiger partial charge >= 0.3 is 0 Å². The van der Waals surface area contributed by atoms with Crippen LogP contribution in [0, 0.1) is 0 Å². The van der Waals surface area contributed by atoms with Gasteiger partial charge in [0.2, 0.25) is 0 Å². The van der Waals surface area contributed by atoms with Crippen LogP contribution in [-0.4, -0.2) is 9.97 Å². The average Bonchev–Trinajstić information content (AvgIpc) is 2.42. The maximum absolute atomic E-state index is 4.57. The van der Waals surface area contributed by atoms with Crippen LogP contribution in [0.5, 0.6) is 0 Å². The lowest BCUT2D eigenvalue weighted by atomic mass is 10.1. The molecule has 0 radical (unpaired) electrons. The SMILES string of the molecule is Sc1ccc(Cc2ncc3ccccc3n2)c(S)c1. The Kier molecular flexibility index (Phi) is 3.44. The predicted molar refractivity (Wildman–Crippen MR) is 83.3 cm³/mol. The third-order valence-electron chi connectivity index (χ3n) is 2.96. The molecule has 0 fully saturated rings. The van der Waals surface area contributed by atoms with Crippen molar-refractivity contribution in [2.24, 2.45) is 0 Å². The van der Waals surface area contributed by atoms with E-state index in [4.69, 9.17) is 0 Å². The second-order valence-electron chi connectivity index (χ2n) is 4.33. The Bertz CT molecular complexity index is 741. The largest absolute Gasteiger partial charge is 0.240 e. The summed E-state index contributed by atoms with van der Waals surface area (Å²) in [6, 6.07) is 13.9. The average molecular weight is 284 g/mol. The number of hydrogen-bond acceptors (Lipinski definition) is 4. The van der Waals surface area contributed by atoms with Crippen LogP contribution in [-0.2, 0) is 6.42 Å². The normalized spacial score (nSPS) is 10.8. The first-order chi connectivity index (χ1) is 9.22. The van der Waals surface area contributed by atoms with E-state index in [9.17, 15) is 0 Å². The van der Waals surface area contributed by atoms with Crippen LogP contribution in [0.4, 0.5) is 0 Å². The highest BCUT2D eigenvalue weighted by molar-refractivity contribution is 7.81. The third kappa shape index (κ3) is 2.74. The van der Waals surface area contributed by atoms with Crippen molar-refractivity contribution in [3.8, 4) is 0 Å². The Balaban J connectivity index is 1.96. The first-order valence-electron chi connectivity index (χ1n) is 5.94. The lowest BCUT2D eigenvalue weighted by Crippen LogP contribution is -1.97. The van der Waals surface area contributed by atoms with Crippen LogP contribution in [0.25, 0.3) is 10.9 Å². The van der Waals surface area contributed by atoms with Gasteiger partial charge in [-0.3, -0.25) is 0 Å². The van der Waals surface area contributed by atoms with Crippen molar-refractivity contribution < 1.29 is 0 Å². The number of benzene rings is 2. The highest BCUT2D eigenvalue weighted by Crippen LogP contribution is 2.20. The molecule has 0 unspecified atom stereocenters. The summed E-state index contributed by atoms with van der Waals surface area (Å²) in [4.78, 5) is 10.8. The van der Waals surface area contributed by atoms with Crippen LogP contribution in [0.3, 0.4) is 0 Å². The van der Waals surface area contributed by atoms with Crippen molar-refractivity contribution in [3.63, 3.8) is 0 Å². The lowest BCUT2D eigenvalue weighted by Gasteiger charge is -2.06. The smallest absolute Gasteiger partial charge is 0.133 e. The molecule has 0 saturated carbocycles. The Morgan fingerprint density at radius 3 is 2.68 bits per heavy atom. The van der Waals surface area contributed by atoms with Crippen molar-refractivity contribution in [1.82, 2.24) is 9.97 Å². The number of fused-ring (bicyclic) bond motifs is 1. The van der Waals surface area contributed by atoms with Gasteiger partial charge in [-0.2, -0.15) is 0 Å². The van der Waals surface area contributed by atoms with Crippen LogP contribution in [0.15, 0.2) is 58.5 Å². The Morgan fingerprint density at radius 2 is 1.84 bits per heavy atom. The molecule has 2 aromatic carbocycles. The summed E-state index contributed by atoms with van der Waals surface area (Å²) in [7, 11) is 0. The van der Waals surface area contributed by atoms with E-state index in [2.05, 4.69) is 35.2 Å². The fourth-order valence-corrected chi connectivity index (χ4v) is 2.57. The highest BCUT2D eigenvalue weighted by Gasteiger charge is 2.04. The zero-order valence-corrected chi connectivity index (χ0v) is 11.9. The zero-order valence-electron chi connectivity index (χ0n) is 10.1. The first-order valence-corrected chi connectivity index (χ1v) is 6.83. The molecule has 0 atom stereocenters. The van der Waals surface area contributed by atoms with E-state index in [1.165, 1.54) is 0 Å². The van der Waals surface area contributed by atoms with E-state index in [0.717, 1.165) is 32.1 Å². The number of thiol groups is 2. The predicted octanol–water partition coefficient (Wildman–Crippen LogP) is 3.80. The highest BCUT2D eigenvalue weighted by atomic mass is 32.1. The minimum absolute atomic E-state index is 0.678. The van der Waals surface area contributed by atoms with E-state index in [1.54, 1.807) is 0 Å². The van der Waals surface area contributed by atoms with E-state index >= 15 is 0 Å². The van der Waals surface area contributed by atoms with Crippen molar-refractivity contribution in [2.45, 2.75) is 16.2 Å². The van der Waals surface area contributed by atoms with Gasteiger partial charge in [-0.15, -0.1) is 25.3 Å². The second kappa shape index (κ2) is 5.23. The molecule has 0 amide bonds. The van der Waals surface area contributed by atoms with Gasteiger partial charge in [0, 0.05) is 27.8 Å². The van der Waals surface area contributed by atoms with Crippen molar-refractivity contribution >= 4 is 36.2 Å². The molecule has 0 aliphatic carbocycles. The maximum atomic E-state index is 4.57. The molecule has 3 rings (SSSR count). The van der Waals surface area contributed by atoms with Gasteiger partial charge in [-0.1, -0.05) is 24.3 Å². The van der Waals surface area contributed by atoms with Crippen LogP contribution >= 0.6 is 25.3 Å². The van der Waals surface area contributed by atoms with Gasteiger partial charge in [-0.05, 0) is 23.8 Å². The molecule has 4 heteroatoms.